The predicted molar refractivity (Wildman–Crippen MR) is 70.8 cm³/mol. The van der Waals surface area contributed by atoms with Gasteiger partial charge in [0.1, 0.15) is 12.3 Å². The summed E-state index contributed by atoms with van der Waals surface area (Å²) in [7, 11) is 0. The molecule has 0 aromatic rings. The van der Waals surface area contributed by atoms with E-state index >= 15 is 0 Å². The van der Waals surface area contributed by atoms with Crippen LogP contribution >= 0.6 is 11.8 Å². The van der Waals surface area contributed by atoms with Crippen LogP contribution in [0, 0.1) is 23.7 Å². The summed E-state index contributed by atoms with van der Waals surface area (Å²) in [5, 5.41) is 0.0595. The Hall–Kier alpha value is 0.210. The standard InChI is InChI=1S/C14H24F2S/c1-7(2)11(15)13-9(4)10-6-5-8(3)12(16)14(10)17-13/h7-14H,5-6H2,1-4H3. The lowest BCUT2D eigenvalue weighted by Crippen LogP contribution is -2.36. The normalized spacial score (nSPS) is 48.2. The molecule has 1 aliphatic heterocycles. The molecule has 1 aliphatic carbocycles. The summed E-state index contributed by atoms with van der Waals surface area (Å²) in [5.74, 6) is 0.929. The molecule has 0 amide bonds. The van der Waals surface area contributed by atoms with E-state index in [0.717, 1.165) is 12.8 Å². The van der Waals surface area contributed by atoms with Gasteiger partial charge in [0, 0.05) is 10.5 Å². The fraction of sp³-hybridized carbons (Fsp3) is 1.00. The average Bonchev–Trinajstić information content (AvgIpc) is 2.61. The highest BCUT2D eigenvalue weighted by atomic mass is 32.2. The van der Waals surface area contributed by atoms with Crippen LogP contribution in [0.25, 0.3) is 0 Å². The smallest absolute Gasteiger partial charge is 0.115 e. The largest absolute Gasteiger partial charge is 0.246 e. The third-order valence-electron chi connectivity index (χ3n) is 4.69. The van der Waals surface area contributed by atoms with E-state index in [2.05, 4.69) is 6.92 Å². The third-order valence-corrected chi connectivity index (χ3v) is 6.62. The maximum atomic E-state index is 14.2. The molecule has 2 aliphatic rings. The van der Waals surface area contributed by atoms with Crippen molar-refractivity contribution in [3.05, 3.63) is 0 Å². The number of hydrogen-bond donors (Lipinski definition) is 0. The molecule has 1 heterocycles. The van der Waals surface area contributed by atoms with Crippen LogP contribution in [0.2, 0.25) is 0 Å². The minimum absolute atomic E-state index is 0.00792. The van der Waals surface area contributed by atoms with Crippen LogP contribution in [0.3, 0.4) is 0 Å². The number of rotatable bonds is 2. The van der Waals surface area contributed by atoms with Crippen LogP contribution in [-0.4, -0.2) is 22.8 Å². The average molecular weight is 262 g/mol. The van der Waals surface area contributed by atoms with Crippen LogP contribution in [0.1, 0.15) is 40.5 Å². The molecule has 0 nitrogen and oxygen atoms in total. The summed E-state index contributed by atoms with van der Waals surface area (Å²) in [6.07, 6.45) is 0.536. The Labute approximate surface area is 108 Å². The molecule has 3 heteroatoms. The minimum atomic E-state index is -0.789. The molecular formula is C14H24F2S. The summed E-state index contributed by atoms with van der Waals surface area (Å²) in [5.41, 5.74) is 0. The zero-order valence-corrected chi connectivity index (χ0v) is 12.0. The van der Waals surface area contributed by atoms with Gasteiger partial charge in [-0.05, 0) is 36.5 Å². The van der Waals surface area contributed by atoms with Gasteiger partial charge in [-0.15, -0.1) is 11.8 Å². The van der Waals surface area contributed by atoms with Gasteiger partial charge in [0.15, 0.2) is 0 Å². The zero-order chi connectivity index (χ0) is 12.7. The van der Waals surface area contributed by atoms with Crippen LogP contribution < -0.4 is 0 Å². The van der Waals surface area contributed by atoms with Crippen molar-refractivity contribution in [1.82, 2.24) is 0 Å². The van der Waals surface area contributed by atoms with Crippen molar-refractivity contribution < 1.29 is 8.78 Å². The van der Waals surface area contributed by atoms with Gasteiger partial charge < -0.3 is 0 Å². The number of hydrogen-bond acceptors (Lipinski definition) is 1. The molecule has 7 atom stereocenters. The summed E-state index contributed by atoms with van der Waals surface area (Å²) in [6.45, 7) is 7.97. The van der Waals surface area contributed by atoms with E-state index in [4.69, 9.17) is 0 Å². The first-order valence-corrected chi connectivity index (χ1v) is 7.81. The number of alkyl halides is 2. The fourth-order valence-corrected chi connectivity index (χ4v) is 5.65. The first-order valence-electron chi connectivity index (χ1n) is 6.87. The van der Waals surface area contributed by atoms with Gasteiger partial charge in [0.05, 0.1) is 0 Å². The molecular weight excluding hydrogens is 238 g/mol. The van der Waals surface area contributed by atoms with E-state index in [1.807, 2.05) is 20.8 Å². The SMILES string of the molecule is CC(C)C(F)C1SC2C(F)C(C)CCC2C1C. The number of halogens is 2. The topological polar surface area (TPSA) is 0 Å². The molecule has 1 saturated heterocycles. The molecule has 0 radical (unpaired) electrons. The van der Waals surface area contributed by atoms with Gasteiger partial charge in [-0.2, -0.15) is 0 Å². The second kappa shape index (κ2) is 5.07. The van der Waals surface area contributed by atoms with Crippen molar-refractivity contribution in [2.75, 3.05) is 0 Å². The van der Waals surface area contributed by atoms with Crippen LogP contribution in [-0.2, 0) is 0 Å². The molecule has 0 N–H and O–H groups in total. The van der Waals surface area contributed by atoms with Gasteiger partial charge in [-0.3, -0.25) is 0 Å². The van der Waals surface area contributed by atoms with Crippen molar-refractivity contribution in [2.24, 2.45) is 23.7 Å². The van der Waals surface area contributed by atoms with Gasteiger partial charge in [-0.25, -0.2) is 8.78 Å². The van der Waals surface area contributed by atoms with E-state index in [1.54, 1.807) is 11.8 Å². The summed E-state index contributed by atoms with van der Waals surface area (Å²) >= 11 is 1.60. The van der Waals surface area contributed by atoms with Crippen molar-refractivity contribution in [3.63, 3.8) is 0 Å². The lowest BCUT2D eigenvalue weighted by molar-refractivity contribution is 0.119. The first kappa shape index (κ1) is 13.6. The van der Waals surface area contributed by atoms with E-state index < -0.39 is 12.3 Å². The maximum Gasteiger partial charge on any atom is 0.115 e. The quantitative estimate of drug-likeness (QED) is 0.707. The van der Waals surface area contributed by atoms with E-state index in [9.17, 15) is 8.78 Å². The molecule has 2 rings (SSSR count). The molecule has 100 valence electrons. The summed E-state index contributed by atoms with van der Waals surface area (Å²) < 4.78 is 28.4. The third kappa shape index (κ3) is 2.36. The molecule has 17 heavy (non-hydrogen) atoms. The predicted octanol–water partition coefficient (Wildman–Crippen LogP) is 4.48. The van der Waals surface area contributed by atoms with Crippen molar-refractivity contribution in [1.29, 1.82) is 0 Å². The molecule has 1 saturated carbocycles. The monoisotopic (exact) mass is 262 g/mol. The van der Waals surface area contributed by atoms with Crippen LogP contribution in [0.15, 0.2) is 0 Å². The Bertz CT molecular complexity index is 269. The molecule has 2 fully saturated rings. The lowest BCUT2D eigenvalue weighted by Gasteiger charge is -2.34. The Balaban J connectivity index is 2.11. The van der Waals surface area contributed by atoms with Gasteiger partial charge >= 0.3 is 0 Å². The van der Waals surface area contributed by atoms with Gasteiger partial charge in [-0.1, -0.05) is 27.7 Å². The molecule has 0 bridgehead atoms. The fourth-order valence-electron chi connectivity index (χ4n) is 3.37. The molecule has 0 aromatic heterocycles. The summed E-state index contributed by atoms with van der Waals surface area (Å²) in [6, 6.07) is 0. The second-order valence-electron chi connectivity index (χ2n) is 6.28. The highest BCUT2D eigenvalue weighted by Gasteiger charge is 2.51. The molecule has 0 aromatic carbocycles. The lowest BCUT2D eigenvalue weighted by atomic mass is 9.74. The van der Waals surface area contributed by atoms with Gasteiger partial charge in [0.25, 0.3) is 0 Å². The summed E-state index contributed by atoms with van der Waals surface area (Å²) in [4.78, 5) is 0. The molecule has 0 spiro atoms. The van der Waals surface area contributed by atoms with Crippen molar-refractivity contribution in [2.45, 2.75) is 63.4 Å². The number of fused-ring (bicyclic) bond motifs is 1. The van der Waals surface area contributed by atoms with E-state index in [1.165, 1.54) is 0 Å². The van der Waals surface area contributed by atoms with Gasteiger partial charge in [0.2, 0.25) is 0 Å². The van der Waals surface area contributed by atoms with Crippen LogP contribution in [0.5, 0.6) is 0 Å². The van der Waals surface area contributed by atoms with Crippen molar-refractivity contribution in [3.8, 4) is 0 Å². The Morgan fingerprint density at radius 1 is 1.18 bits per heavy atom. The number of thioether (sulfide) groups is 1. The maximum absolute atomic E-state index is 14.2. The highest BCUT2D eigenvalue weighted by molar-refractivity contribution is 8.00. The highest BCUT2D eigenvalue weighted by Crippen LogP contribution is 2.53. The second-order valence-corrected chi connectivity index (χ2v) is 7.64. The van der Waals surface area contributed by atoms with Crippen LogP contribution in [0.4, 0.5) is 8.78 Å². The minimum Gasteiger partial charge on any atom is -0.246 e. The Morgan fingerprint density at radius 2 is 1.82 bits per heavy atom. The van der Waals surface area contributed by atoms with E-state index in [0.29, 0.717) is 11.8 Å². The zero-order valence-electron chi connectivity index (χ0n) is 11.2. The Morgan fingerprint density at radius 3 is 2.41 bits per heavy atom. The first-order chi connectivity index (χ1) is 7.93. The Kier molecular flexibility index (Phi) is 4.06. The van der Waals surface area contributed by atoms with E-state index in [-0.39, 0.29) is 22.3 Å². The van der Waals surface area contributed by atoms with Crippen molar-refractivity contribution >= 4 is 11.8 Å². The molecule has 7 unspecified atom stereocenters.